The van der Waals surface area contributed by atoms with Gasteiger partial charge in [0.2, 0.25) is 0 Å². The highest BCUT2D eigenvalue weighted by Gasteiger charge is 2.29. The summed E-state index contributed by atoms with van der Waals surface area (Å²) in [6.07, 6.45) is 4.26. The summed E-state index contributed by atoms with van der Waals surface area (Å²) in [5, 5.41) is 7.89. The van der Waals surface area contributed by atoms with Crippen molar-refractivity contribution in [3.63, 3.8) is 0 Å². The van der Waals surface area contributed by atoms with Crippen molar-refractivity contribution in [2.75, 3.05) is 17.7 Å². The third-order valence-electron chi connectivity index (χ3n) is 8.70. The van der Waals surface area contributed by atoms with Crippen LogP contribution in [0.4, 0.5) is 27.1 Å². The van der Waals surface area contributed by atoms with Crippen molar-refractivity contribution >= 4 is 50.3 Å². The Balaban J connectivity index is 1.15. The van der Waals surface area contributed by atoms with Gasteiger partial charge in [-0.3, -0.25) is 19.9 Å². The van der Waals surface area contributed by atoms with Crippen LogP contribution in [0, 0.1) is 13.8 Å². The molecule has 0 radical (unpaired) electrons. The number of nitrogens with zero attached hydrogens (tertiary/aromatic N) is 5. The fourth-order valence-electron chi connectivity index (χ4n) is 6.02. The molecule has 3 N–H and O–H groups in total. The van der Waals surface area contributed by atoms with E-state index in [2.05, 4.69) is 38.5 Å². The number of H-pyrrole nitrogens is 1. The van der Waals surface area contributed by atoms with Crippen LogP contribution in [0.5, 0.6) is 0 Å². The molecule has 7 rings (SSSR count). The number of anilines is 4. The van der Waals surface area contributed by atoms with Crippen molar-refractivity contribution in [1.82, 2.24) is 29.8 Å². The average molecular weight is 599 g/mol. The van der Waals surface area contributed by atoms with Gasteiger partial charge in [-0.25, -0.2) is 9.37 Å². The summed E-state index contributed by atoms with van der Waals surface area (Å²) in [5.74, 6) is 0.631. The normalized spacial score (nSPS) is 17.3. The van der Waals surface area contributed by atoms with Crippen LogP contribution >= 0.6 is 0 Å². The van der Waals surface area contributed by atoms with E-state index < -0.39 is 0 Å². The van der Waals surface area contributed by atoms with E-state index in [-0.39, 0.29) is 17.9 Å². The fraction of sp³-hybridized carbons (Fsp3) is 0.222. The predicted octanol–water partition coefficient (Wildman–Crippen LogP) is 8.47. The molecule has 0 bridgehead atoms. The molecular formula is C36H35FN8. The second kappa shape index (κ2) is 11.4. The molecule has 8 nitrogen and oxygen atoms in total. The average Bonchev–Trinajstić information content (AvgIpc) is 3.45. The van der Waals surface area contributed by atoms with Crippen LogP contribution in [0.1, 0.15) is 37.2 Å². The molecule has 226 valence electrons. The molecule has 0 fully saturated rings. The second-order valence-electron chi connectivity index (χ2n) is 11.9. The fourth-order valence-corrected chi connectivity index (χ4v) is 6.02. The third-order valence-corrected chi connectivity index (χ3v) is 8.70. The molecule has 0 amide bonds. The first-order valence-corrected chi connectivity index (χ1v) is 15.2. The first-order chi connectivity index (χ1) is 21.7. The van der Waals surface area contributed by atoms with Crippen LogP contribution in [-0.4, -0.2) is 49.0 Å². The van der Waals surface area contributed by atoms with Crippen molar-refractivity contribution in [3.05, 3.63) is 102 Å². The lowest BCUT2D eigenvalue weighted by Crippen LogP contribution is -2.41. The summed E-state index contributed by atoms with van der Waals surface area (Å²) in [4.78, 5) is 24.0. The van der Waals surface area contributed by atoms with Gasteiger partial charge in [0.25, 0.3) is 0 Å². The maximum atomic E-state index is 15.4. The number of aryl methyl sites for hydroxylation is 2. The predicted molar refractivity (Wildman–Crippen MR) is 181 cm³/mol. The minimum absolute atomic E-state index is 0.0637. The smallest absolute Gasteiger partial charge is 0.157 e. The lowest BCUT2D eigenvalue weighted by Gasteiger charge is -2.36. The summed E-state index contributed by atoms with van der Waals surface area (Å²) >= 11 is 0. The molecule has 5 heterocycles. The van der Waals surface area contributed by atoms with Gasteiger partial charge in [-0.1, -0.05) is 6.07 Å². The number of likely N-dealkylation sites (N-methyl/N-ethyl adjacent to an activating group) is 1. The Morgan fingerprint density at radius 3 is 2.42 bits per heavy atom. The number of nitrogens with one attached hydrogen (secondary N) is 3. The highest BCUT2D eigenvalue weighted by Crippen LogP contribution is 2.37. The summed E-state index contributed by atoms with van der Waals surface area (Å²) in [6, 6.07) is 22.0. The molecule has 2 atom stereocenters. The van der Waals surface area contributed by atoms with E-state index in [4.69, 9.17) is 15.0 Å². The van der Waals surface area contributed by atoms with Gasteiger partial charge in [-0.15, -0.1) is 0 Å². The molecule has 0 spiro atoms. The highest BCUT2D eigenvalue weighted by atomic mass is 19.1. The van der Waals surface area contributed by atoms with E-state index in [9.17, 15) is 0 Å². The van der Waals surface area contributed by atoms with Gasteiger partial charge in [0.15, 0.2) is 5.82 Å². The molecule has 0 saturated heterocycles. The van der Waals surface area contributed by atoms with Gasteiger partial charge >= 0.3 is 0 Å². The Morgan fingerprint density at radius 1 is 0.822 bits per heavy atom. The number of hydrogen-bond acceptors (Lipinski definition) is 7. The number of benzene rings is 2. The van der Waals surface area contributed by atoms with Gasteiger partial charge < -0.3 is 15.6 Å². The largest absolute Gasteiger partial charge is 0.355 e. The number of hydrogen-bond donors (Lipinski definition) is 3. The Labute approximate surface area is 261 Å². The molecule has 2 aromatic carbocycles. The van der Waals surface area contributed by atoms with E-state index in [1.807, 2.05) is 88.5 Å². The van der Waals surface area contributed by atoms with Crippen LogP contribution in [0.2, 0.25) is 0 Å². The lowest BCUT2D eigenvalue weighted by atomic mass is 9.90. The number of aromatic nitrogens is 5. The maximum Gasteiger partial charge on any atom is 0.157 e. The zero-order chi connectivity index (χ0) is 31.2. The van der Waals surface area contributed by atoms with Crippen LogP contribution < -0.4 is 10.6 Å². The first kappa shape index (κ1) is 28.6. The number of pyridine rings is 3. The zero-order valence-electron chi connectivity index (χ0n) is 26.0. The number of rotatable bonds is 6. The number of halogens is 1. The summed E-state index contributed by atoms with van der Waals surface area (Å²) in [5.41, 5.74) is 10.6. The Kier molecular flexibility index (Phi) is 7.25. The van der Waals surface area contributed by atoms with Crippen LogP contribution in [-0.2, 0) is 0 Å². The van der Waals surface area contributed by atoms with Crippen molar-refractivity contribution in [1.29, 1.82) is 0 Å². The van der Waals surface area contributed by atoms with Crippen LogP contribution in [0.3, 0.4) is 0 Å². The Morgan fingerprint density at radius 2 is 1.62 bits per heavy atom. The lowest BCUT2D eigenvalue weighted by molar-refractivity contribution is 0.188. The molecule has 0 aliphatic carbocycles. The molecule has 1 aliphatic rings. The van der Waals surface area contributed by atoms with E-state index in [0.717, 1.165) is 72.9 Å². The van der Waals surface area contributed by atoms with Gasteiger partial charge in [0.05, 0.1) is 34.5 Å². The van der Waals surface area contributed by atoms with Crippen LogP contribution in [0.25, 0.3) is 39.0 Å². The van der Waals surface area contributed by atoms with Crippen molar-refractivity contribution in [2.45, 2.75) is 46.2 Å². The topological polar surface area (TPSA) is 94.6 Å². The van der Waals surface area contributed by atoms with Crippen molar-refractivity contribution in [3.8, 4) is 11.5 Å². The molecule has 4 aromatic heterocycles. The molecule has 0 saturated carbocycles. The van der Waals surface area contributed by atoms with Crippen molar-refractivity contribution in [2.24, 2.45) is 0 Å². The summed E-state index contributed by atoms with van der Waals surface area (Å²) in [7, 11) is 1.98. The van der Waals surface area contributed by atoms with Gasteiger partial charge in [0.1, 0.15) is 11.5 Å². The highest BCUT2D eigenvalue weighted by molar-refractivity contribution is 5.95. The number of imidazole rings is 1. The Hall–Kier alpha value is -5.15. The molecule has 1 aliphatic heterocycles. The van der Waals surface area contributed by atoms with E-state index >= 15 is 4.39 Å². The van der Waals surface area contributed by atoms with Gasteiger partial charge in [-0.2, -0.15) is 0 Å². The minimum Gasteiger partial charge on any atom is -0.355 e. The summed E-state index contributed by atoms with van der Waals surface area (Å²) in [6.45, 7) is 8.01. The first-order valence-electron chi connectivity index (χ1n) is 15.2. The standard InChI is InChI=1S/C36H35FN8/c1-20-14-26(12-13-38-20)41-25-7-10-31-34(18-25)44-36(43-31)32-11-8-27(19-39-32)42-33-15-21(2)40-30-9-6-24(17-29(30)33)28-16-22(3)45(5)23(4)35(28)37/h6-15,17-19,22-23H,16H2,1-5H3,(H,38,41)(H,40,42)(H,43,44)/t22-,23+/m0/s1. The summed E-state index contributed by atoms with van der Waals surface area (Å²) < 4.78 is 15.4. The van der Waals surface area contributed by atoms with Gasteiger partial charge in [-0.05, 0) is 113 Å². The van der Waals surface area contributed by atoms with E-state index in [1.54, 1.807) is 12.4 Å². The molecule has 0 unspecified atom stereocenters. The second-order valence-corrected chi connectivity index (χ2v) is 11.9. The quantitative estimate of drug-likeness (QED) is 0.177. The monoisotopic (exact) mass is 598 g/mol. The minimum atomic E-state index is -0.250. The van der Waals surface area contributed by atoms with E-state index in [0.29, 0.717) is 12.2 Å². The molecule has 6 aromatic rings. The van der Waals surface area contributed by atoms with E-state index in [1.165, 1.54) is 0 Å². The van der Waals surface area contributed by atoms with Crippen molar-refractivity contribution < 1.29 is 4.39 Å². The zero-order valence-corrected chi connectivity index (χ0v) is 26.0. The molecule has 9 heteroatoms. The SMILES string of the molecule is Cc1cc(Nc2ccc3nc(-c4ccc(Nc5cc(C)nc6ccc(C7=C(F)[C@@H](C)N(C)[C@@H](C)C7)cc56)cn4)[nH]c3c2)ccn1. The molecular weight excluding hydrogens is 563 g/mol. The molecule has 45 heavy (non-hydrogen) atoms. The number of aromatic amines is 1. The third kappa shape index (κ3) is 5.62. The van der Waals surface area contributed by atoms with Gasteiger partial charge in [0, 0.05) is 46.1 Å². The van der Waals surface area contributed by atoms with Crippen LogP contribution in [0.15, 0.2) is 85.0 Å². The Bertz CT molecular complexity index is 2080. The maximum absolute atomic E-state index is 15.4. The number of fused-ring (bicyclic) bond motifs is 2.